The van der Waals surface area contributed by atoms with Gasteiger partial charge in [0.05, 0.1) is 11.7 Å². The Bertz CT molecular complexity index is 1280. The van der Waals surface area contributed by atoms with E-state index in [0.717, 1.165) is 48.2 Å². The number of aromatic nitrogens is 2. The Morgan fingerprint density at radius 2 is 1.53 bits per heavy atom. The molecule has 32 heavy (non-hydrogen) atoms. The van der Waals surface area contributed by atoms with Crippen LogP contribution in [-0.4, -0.2) is 33.4 Å². The summed E-state index contributed by atoms with van der Waals surface area (Å²) in [7, 11) is 0. The molecule has 1 saturated heterocycles. The molecular weight excluding hydrogens is 418 g/mol. The van der Waals surface area contributed by atoms with Gasteiger partial charge in [-0.25, -0.2) is 4.98 Å². The van der Waals surface area contributed by atoms with Gasteiger partial charge in [-0.15, -0.1) is 11.3 Å². The summed E-state index contributed by atoms with van der Waals surface area (Å²) in [5, 5.41) is 2.58. The molecule has 0 atom stereocenters. The predicted molar refractivity (Wildman–Crippen MR) is 130 cm³/mol. The standard InChI is InChI=1S/C26H25N3O2S/c30-23(28-14-6-1-2-7-15-28)16-29-18-27-25-24(26(29)31)22(17-32-25)21-12-10-20(11-13-21)19-8-4-3-5-9-19/h3-5,8-13,17-18H,1-2,6-7,14-16H2. The number of thiophene rings is 1. The fraction of sp³-hybridized carbons (Fsp3) is 0.269. The first-order valence-electron chi connectivity index (χ1n) is 11.1. The van der Waals surface area contributed by atoms with Crippen molar-refractivity contribution in [3.63, 3.8) is 0 Å². The van der Waals surface area contributed by atoms with Crippen LogP contribution in [0, 0.1) is 0 Å². The number of likely N-dealkylation sites (tertiary alicyclic amines) is 1. The van der Waals surface area contributed by atoms with Crippen LogP contribution in [0.5, 0.6) is 0 Å². The van der Waals surface area contributed by atoms with Gasteiger partial charge in [0, 0.05) is 24.0 Å². The zero-order chi connectivity index (χ0) is 21.9. The average Bonchev–Trinajstić information content (AvgIpc) is 3.08. The zero-order valence-electron chi connectivity index (χ0n) is 17.9. The van der Waals surface area contributed by atoms with E-state index in [0.29, 0.717) is 10.2 Å². The molecule has 0 N–H and O–H groups in total. The van der Waals surface area contributed by atoms with E-state index in [1.54, 1.807) is 0 Å². The van der Waals surface area contributed by atoms with Crippen LogP contribution in [0.15, 0.2) is 71.1 Å². The summed E-state index contributed by atoms with van der Waals surface area (Å²) in [6, 6.07) is 18.5. The van der Waals surface area contributed by atoms with Crippen molar-refractivity contribution in [1.82, 2.24) is 14.5 Å². The molecule has 5 rings (SSSR count). The van der Waals surface area contributed by atoms with E-state index < -0.39 is 0 Å². The van der Waals surface area contributed by atoms with Crippen LogP contribution < -0.4 is 5.56 Å². The normalized spacial score (nSPS) is 14.4. The minimum Gasteiger partial charge on any atom is -0.341 e. The number of fused-ring (bicyclic) bond motifs is 1. The zero-order valence-corrected chi connectivity index (χ0v) is 18.7. The van der Waals surface area contributed by atoms with Crippen LogP contribution in [0.2, 0.25) is 0 Å². The summed E-state index contributed by atoms with van der Waals surface area (Å²) in [6.07, 6.45) is 5.91. The van der Waals surface area contributed by atoms with E-state index in [-0.39, 0.29) is 18.0 Å². The summed E-state index contributed by atoms with van der Waals surface area (Å²) in [6.45, 7) is 1.60. The van der Waals surface area contributed by atoms with Gasteiger partial charge >= 0.3 is 0 Å². The van der Waals surface area contributed by atoms with E-state index in [2.05, 4.69) is 29.2 Å². The lowest BCUT2D eigenvalue weighted by atomic mass is 10.0. The summed E-state index contributed by atoms with van der Waals surface area (Å²) in [5.41, 5.74) is 3.99. The minimum absolute atomic E-state index is 0.000793. The third-order valence-corrected chi connectivity index (χ3v) is 7.01. The van der Waals surface area contributed by atoms with Gasteiger partial charge in [0.1, 0.15) is 11.4 Å². The molecule has 0 aliphatic carbocycles. The van der Waals surface area contributed by atoms with E-state index >= 15 is 0 Å². The monoisotopic (exact) mass is 443 g/mol. The molecule has 1 amide bonds. The maximum absolute atomic E-state index is 13.3. The van der Waals surface area contributed by atoms with Crippen molar-refractivity contribution in [3.8, 4) is 22.3 Å². The van der Waals surface area contributed by atoms with Gasteiger partial charge in [0.2, 0.25) is 5.91 Å². The first kappa shape index (κ1) is 20.6. The maximum Gasteiger partial charge on any atom is 0.263 e. The Balaban J connectivity index is 1.45. The Morgan fingerprint density at radius 1 is 0.875 bits per heavy atom. The third-order valence-electron chi connectivity index (χ3n) is 6.13. The predicted octanol–water partition coefficient (Wildman–Crippen LogP) is 5.19. The molecule has 162 valence electrons. The number of nitrogens with zero attached hydrogens (tertiary/aromatic N) is 3. The van der Waals surface area contributed by atoms with E-state index in [1.807, 2.05) is 40.6 Å². The number of hydrogen-bond acceptors (Lipinski definition) is 4. The Morgan fingerprint density at radius 3 is 2.25 bits per heavy atom. The van der Waals surface area contributed by atoms with E-state index in [4.69, 9.17) is 0 Å². The number of hydrogen-bond donors (Lipinski definition) is 0. The van der Waals surface area contributed by atoms with Crippen LogP contribution in [0.4, 0.5) is 0 Å². The van der Waals surface area contributed by atoms with Crippen LogP contribution in [0.3, 0.4) is 0 Å². The van der Waals surface area contributed by atoms with Crippen molar-refractivity contribution in [2.75, 3.05) is 13.1 Å². The molecule has 6 heteroatoms. The molecule has 2 aromatic heterocycles. The summed E-state index contributed by atoms with van der Waals surface area (Å²) >= 11 is 1.46. The second-order valence-corrected chi connectivity index (χ2v) is 9.10. The molecule has 1 aliphatic rings. The molecule has 3 heterocycles. The minimum atomic E-state index is -0.151. The molecule has 4 aromatic rings. The largest absolute Gasteiger partial charge is 0.341 e. The van der Waals surface area contributed by atoms with Crippen molar-refractivity contribution in [3.05, 3.63) is 76.7 Å². The van der Waals surface area contributed by atoms with Crippen molar-refractivity contribution >= 4 is 27.5 Å². The van der Waals surface area contributed by atoms with Crippen molar-refractivity contribution < 1.29 is 4.79 Å². The Kier molecular flexibility index (Phi) is 5.86. The van der Waals surface area contributed by atoms with Crippen molar-refractivity contribution in [2.24, 2.45) is 0 Å². The van der Waals surface area contributed by atoms with E-state index in [1.165, 1.54) is 35.1 Å². The first-order chi connectivity index (χ1) is 15.7. The van der Waals surface area contributed by atoms with Gasteiger partial charge in [-0.3, -0.25) is 14.2 Å². The Hall–Kier alpha value is -3.25. The van der Waals surface area contributed by atoms with Gasteiger partial charge < -0.3 is 4.90 Å². The second kappa shape index (κ2) is 9.09. The van der Waals surface area contributed by atoms with Gasteiger partial charge in [0.15, 0.2) is 0 Å². The van der Waals surface area contributed by atoms with Crippen molar-refractivity contribution in [2.45, 2.75) is 32.2 Å². The highest BCUT2D eigenvalue weighted by atomic mass is 32.1. The van der Waals surface area contributed by atoms with Gasteiger partial charge in [-0.05, 0) is 29.5 Å². The number of carbonyl (C=O) groups is 1. The summed E-state index contributed by atoms with van der Waals surface area (Å²) in [5.74, 6) is -0.000793. The van der Waals surface area contributed by atoms with Crippen LogP contribution in [0.25, 0.3) is 32.5 Å². The summed E-state index contributed by atoms with van der Waals surface area (Å²) in [4.78, 5) is 33.2. The third kappa shape index (κ3) is 4.10. The van der Waals surface area contributed by atoms with Gasteiger partial charge in [-0.1, -0.05) is 67.4 Å². The highest BCUT2D eigenvalue weighted by molar-refractivity contribution is 7.17. The number of carbonyl (C=O) groups excluding carboxylic acids is 1. The number of benzene rings is 2. The first-order valence-corrected chi connectivity index (χ1v) is 12.0. The lowest BCUT2D eigenvalue weighted by molar-refractivity contribution is -0.131. The topological polar surface area (TPSA) is 55.2 Å². The molecular formula is C26H25N3O2S. The fourth-order valence-electron chi connectivity index (χ4n) is 4.33. The smallest absolute Gasteiger partial charge is 0.263 e. The lowest BCUT2D eigenvalue weighted by Crippen LogP contribution is -2.37. The molecule has 0 unspecified atom stereocenters. The van der Waals surface area contributed by atoms with Crippen LogP contribution in [-0.2, 0) is 11.3 Å². The van der Waals surface area contributed by atoms with E-state index in [9.17, 15) is 9.59 Å². The molecule has 2 aromatic carbocycles. The summed E-state index contributed by atoms with van der Waals surface area (Å²) < 4.78 is 1.46. The molecule has 1 aliphatic heterocycles. The fourth-order valence-corrected chi connectivity index (χ4v) is 5.24. The maximum atomic E-state index is 13.3. The SMILES string of the molecule is O=C(Cn1cnc2scc(-c3ccc(-c4ccccc4)cc3)c2c1=O)N1CCCCCC1. The van der Waals surface area contributed by atoms with Crippen LogP contribution in [0.1, 0.15) is 25.7 Å². The quantitative estimate of drug-likeness (QED) is 0.436. The molecule has 0 radical (unpaired) electrons. The highest BCUT2D eigenvalue weighted by Crippen LogP contribution is 2.32. The van der Waals surface area contributed by atoms with Crippen molar-refractivity contribution in [1.29, 1.82) is 0 Å². The molecule has 5 nitrogen and oxygen atoms in total. The molecule has 0 spiro atoms. The van der Waals surface area contributed by atoms with Crippen LogP contribution >= 0.6 is 11.3 Å². The van der Waals surface area contributed by atoms with Gasteiger partial charge in [0.25, 0.3) is 5.56 Å². The number of amides is 1. The Labute approximate surface area is 191 Å². The molecule has 1 fully saturated rings. The molecule has 0 saturated carbocycles. The van der Waals surface area contributed by atoms with Gasteiger partial charge in [-0.2, -0.15) is 0 Å². The lowest BCUT2D eigenvalue weighted by Gasteiger charge is -2.20. The second-order valence-electron chi connectivity index (χ2n) is 8.25. The highest BCUT2D eigenvalue weighted by Gasteiger charge is 2.19. The average molecular weight is 444 g/mol. The number of rotatable bonds is 4. The molecule has 0 bridgehead atoms.